The Bertz CT molecular complexity index is 449. The third-order valence-corrected chi connectivity index (χ3v) is 6.07. The van der Waals surface area contributed by atoms with E-state index in [9.17, 15) is 22.0 Å². The van der Waals surface area contributed by atoms with Crippen LogP contribution >= 0.6 is 0 Å². The number of rotatable bonds is 1. The molecule has 19 heavy (non-hydrogen) atoms. The van der Waals surface area contributed by atoms with Crippen molar-refractivity contribution >= 4 is 0 Å². The highest BCUT2D eigenvalue weighted by Gasteiger charge is 2.71. The predicted molar refractivity (Wildman–Crippen MR) is 58.5 cm³/mol. The summed E-state index contributed by atoms with van der Waals surface area (Å²) in [5, 5.41) is 0. The summed E-state index contributed by atoms with van der Waals surface area (Å²) >= 11 is 0. The molecule has 106 valence electrons. The van der Waals surface area contributed by atoms with Crippen LogP contribution in [0.15, 0.2) is 11.6 Å². The Hall–Kier alpha value is -0.610. The molecule has 5 heteroatoms. The zero-order valence-electron chi connectivity index (χ0n) is 10.3. The molecule has 4 aliphatic rings. The first-order chi connectivity index (χ1) is 8.80. The van der Waals surface area contributed by atoms with Gasteiger partial charge in [-0.15, -0.1) is 0 Å². The minimum Gasteiger partial charge on any atom is -0.196 e. The summed E-state index contributed by atoms with van der Waals surface area (Å²) in [7, 11) is 0. The lowest BCUT2D eigenvalue weighted by molar-refractivity contribution is -0.309. The summed E-state index contributed by atoms with van der Waals surface area (Å²) in [6.07, 6.45) is -0.687. The minimum absolute atomic E-state index is 0.0377. The minimum atomic E-state index is -5.40. The van der Waals surface area contributed by atoms with Gasteiger partial charge in [-0.05, 0) is 55.3 Å². The number of halogens is 5. The second-order valence-electron chi connectivity index (χ2n) is 6.70. The molecule has 0 spiro atoms. The molecule has 0 amide bonds. The molecule has 0 nitrogen and oxygen atoms in total. The van der Waals surface area contributed by atoms with Gasteiger partial charge in [0, 0.05) is 5.92 Å². The molecular formula is C14H15F5. The number of alkyl halides is 5. The SMILES string of the molecule is FC(F)(F)C(F)(F)C1CC2CC1C1C3=CCC(C3)C21. The standard InChI is InChI=1S/C14H15F5/c15-13(16,14(17,18)19)10-5-8-4-9(10)12-7-2-1-6(3-7)11(8)12/h2,6,8-12H,1,3-5H2. The van der Waals surface area contributed by atoms with Crippen LogP contribution in [0.2, 0.25) is 0 Å². The summed E-state index contributed by atoms with van der Waals surface area (Å²) in [4.78, 5) is 0. The van der Waals surface area contributed by atoms with E-state index in [0.717, 1.165) is 12.8 Å². The molecule has 3 fully saturated rings. The first-order valence-electron chi connectivity index (χ1n) is 6.94. The third kappa shape index (κ3) is 1.34. The lowest BCUT2D eigenvalue weighted by Crippen LogP contribution is -2.48. The van der Waals surface area contributed by atoms with Gasteiger partial charge in [0.15, 0.2) is 0 Å². The Morgan fingerprint density at radius 3 is 2.42 bits per heavy atom. The van der Waals surface area contributed by atoms with Crippen molar-refractivity contribution in [1.82, 2.24) is 0 Å². The van der Waals surface area contributed by atoms with E-state index >= 15 is 0 Å². The smallest absolute Gasteiger partial charge is 0.196 e. The molecule has 0 saturated heterocycles. The van der Waals surface area contributed by atoms with E-state index in [0.29, 0.717) is 18.3 Å². The highest BCUT2D eigenvalue weighted by Crippen LogP contribution is 2.69. The molecule has 0 N–H and O–H groups in total. The van der Waals surface area contributed by atoms with Gasteiger partial charge in [-0.3, -0.25) is 0 Å². The maximum absolute atomic E-state index is 13.6. The van der Waals surface area contributed by atoms with Crippen LogP contribution in [0.4, 0.5) is 22.0 Å². The van der Waals surface area contributed by atoms with Crippen LogP contribution in [-0.2, 0) is 0 Å². The molecule has 0 radical (unpaired) electrons. The molecule has 4 aliphatic carbocycles. The van der Waals surface area contributed by atoms with Gasteiger partial charge in [0.25, 0.3) is 0 Å². The number of allylic oxidation sites excluding steroid dienone is 2. The van der Waals surface area contributed by atoms with E-state index in [2.05, 4.69) is 6.08 Å². The van der Waals surface area contributed by atoms with Gasteiger partial charge in [0.2, 0.25) is 0 Å². The van der Waals surface area contributed by atoms with Crippen LogP contribution in [-0.4, -0.2) is 12.1 Å². The largest absolute Gasteiger partial charge is 0.453 e. The fourth-order valence-electron chi connectivity index (χ4n) is 5.57. The predicted octanol–water partition coefficient (Wildman–Crippen LogP) is 4.42. The average molecular weight is 278 g/mol. The molecule has 0 heterocycles. The molecule has 6 atom stereocenters. The first-order valence-corrected chi connectivity index (χ1v) is 6.94. The van der Waals surface area contributed by atoms with Gasteiger partial charge in [0.05, 0.1) is 0 Å². The summed E-state index contributed by atoms with van der Waals surface area (Å²) in [5.74, 6) is -5.36. The van der Waals surface area contributed by atoms with Crippen molar-refractivity contribution in [2.75, 3.05) is 0 Å². The molecule has 0 aliphatic heterocycles. The van der Waals surface area contributed by atoms with Crippen molar-refractivity contribution in [2.24, 2.45) is 35.5 Å². The monoisotopic (exact) mass is 278 g/mol. The summed E-state index contributed by atoms with van der Waals surface area (Å²) < 4.78 is 65.0. The maximum atomic E-state index is 13.6. The van der Waals surface area contributed by atoms with Crippen molar-refractivity contribution in [3.63, 3.8) is 0 Å². The van der Waals surface area contributed by atoms with Gasteiger partial charge in [0.1, 0.15) is 0 Å². The topological polar surface area (TPSA) is 0 Å². The Balaban J connectivity index is 1.66. The molecule has 3 saturated carbocycles. The van der Waals surface area contributed by atoms with E-state index in [-0.39, 0.29) is 18.3 Å². The molecular weight excluding hydrogens is 263 g/mol. The normalized spacial score (nSPS) is 47.7. The van der Waals surface area contributed by atoms with Gasteiger partial charge < -0.3 is 0 Å². The van der Waals surface area contributed by atoms with E-state index in [4.69, 9.17) is 0 Å². The zero-order valence-corrected chi connectivity index (χ0v) is 10.3. The molecule has 6 unspecified atom stereocenters. The lowest BCUT2D eigenvalue weighted by atomic mass is 9.68. The first kappa shape index (κ1) is 12.2. The van der Waals surface area contributed by atoms with Crippen molar-refractivity contribution in [2.45, 2.75) is 37.8 Å². The third-order valence-electron chi connectivity index (χ3n) is 6.07. The van der Waals surface area contributed by atoms with Gasteiger partial charge >= 0.3 is 12.1 Å². The highest BCUT2D eigenvalue weighted by atomic mass is 19.4. The lowest BCUT2D eigenvalue weighted by Gasteiger charge is -2.39. The highest BCUT2D eigenvalue weighted by molar-refractivity contribution is 5.29. The quantitative estimate of drug-likeness (QED) is 0.378. The van der Waals surface area contributed by atoms with E-state index in [1.807, 2.05) is 0 Å². The van der Waals surface area contributed by atoms with Crippen molar-refractivity contribution in [3.05, 3.63) is 11.6 Å². The summed E-state index contributed by atoms with van der Waals surface area (Å²) in [6.45, 7) is 0. The Morgan fingerprint density at radius 2 is 1.74 bits per heavy atom. The van der Waals surface area contributed by atoms with Gasteiger partial charge in [-0.25, -0.2) is 0 Å². The van der Waals surface area contributed by atoms with E-state index in [1.165, 1.54) is 5.57 Å². The molecule has 4 bridgehead atoms. The molecule has 0 aromatic heterocycles. The van der Waals surface area contributed by atoms with Crippen LogP contribution in [0, 0.1) is 35.5 Å². The zero-order chi connectivity index (χ0) is 13.6. The second kappa shape index (κ2) is 3.34. The number of fused-ring (bicyclic) bond motifs is 9. The summed E-state index contributed by atoms with van der Waals surface area (Å²) in [5.41, 5.74) is 1.19. The molecule has 4 rings (SSSR count). The number of hydrogen-bond donors (Lipinski definition) is 0. The van der Waals surface area contributed by atoms with Crippen LogP contribution < -0.4 is 0 Å². The Labute approximate surface area is 108 Å². The molecule has 0 aromatic carbocycles. The van der Waals surface area contributed by atoms with E-state index in [1.54, 1.807) is 0 Å². The van der Waals surface area contributed by atoms with Crippen molar-refractivity contribution in [1.29, 1.82) is 0 Å². The fourth-order valence-corrected chi connectivity index (χ4v) is 5.57. The maximum Gasteiger partial charge on any atom is 0.453 e. The van der Waals surface area contributed by atoms with E-state index < -0.39 is 23.9 Å². The van der Waals surface area contributed by atoms with Crippen molar-refractivity contribution < 1.29 is 22.0 Å². The Morgan fingerprint density at radius 1 is 1.00 bits per heavy atom. The Kier molecular flexibility index (Phi) is 2.14. The second-order valence-corrected chi connectivity index (χ2v) is 6.70. The summed E-state index contributed by atoms with van der Waals surface area (Å²) in [6, 6.07) is 0. The average Bonchev–Trinajstić information content (AvgIpc) is 3.05. The van der Waals surface area contributed by atoms with Crippen LogP contribution in [0.3, 0.4) is 0 Å². The fraction of sp³-hybridized carbons (Fsp3) is 0.857. The van der Waals surface area contributed by atoms with Crippen LogP contribution in [0.1, 0.15) is 25.7 Å². The number of hydrogen-bond acceptors (Lipinski definition) is 0. The molecule has 0 aromatic rings. The van der Waals surface area contributed by atoms with Crippen LogP contribution in [0.25, 0.3) is 0 Å². The van der Waals surface area contributed by atoms with Crippen molar-refractivity contribution in [3.8, 4) is 0 Å². The van der Waals surface area contributed by atoms with Gasteiger partial charge in [-0.2, -0.15) is 22.0 Å². The van der Waals surface area contributed by atoms with Crippen LogP contribution in [0.5, 0.6) is 0 Å². The van der Waals surface area contributed by atoms with Gasteiger partial charge in [-0.1, -0.05) is 11.6 Å².